The average Bonchev–Trinajstić information content (AvgIpc) is 2.86. The highest BCUT2D eigenvalue weighted by molar-refractivity contribution is 7.88. The number of aryl methyl sites for hydroxylation is 2. The molecule has 0 amide bonds. The lowest BCUT2D eigenvalue weighted by molar-refractivity contribution is -0.140. The molecule has 156 valence electrons. The summed E-state index contributed by atoms with van der Waals surface area (Å²) < 4.78 is 64.3. The molecule has 11 heteroatoms. The van der Waals surface area contributed by atoms with Gasteiger partial charge in [-0.3, -0.25) is 9.58 Å². The monoisotopic (exact) mass is 419 g/mol. The van der Waals surface area contributed by atoms with E-state index in [1.165, 1.54) is 0 Å². The van der Waals surface area contributed by atoms with Crippen LogP contribution in [0.2, 0.25) is 0 Å². The van der Waals surface area contributed by atoms with Crippen molar-refractivity contribution >= 4 is 21.1 Å². The Bertz CT molecular complexity index is 950. The summed E-state index contributed by atoms with van der Waals surface area (Å²) in [6.07, 6.45) is -1.21. The molecular weight excluding hydrogens is 395 g/mol. The predicted octanol–water partition coefficient (Wildman–Crippen LogP) is 2.07. The standard InChI is InChI=1S/C17H24F3N5O2S/c1-12-15-8-13(9-21-16(15)23(2)22-12)10-24-6-4-14(5-7-24)25(28(3,26)27)11-17(18,19)20/h8-9,14H,4-7,10-11H2,1-3H3. The van der Waals surface area contributed by atoms with Crippen LogP contribution in [-0.2, 0) is 23.6 Å². The lowest BCUT2D eigenvalue weighted by Crippen LogP contribution is -2.49. The summed E-state index contributed by atoms with van der Waals surface area (Å²) >= 11 is 0. The van der Waals surface area contributed by atoms with Gasteiger partial charge in [-0.2, -0.15) is 22.6 Å². The minimum absolute atomic E-state index is 0.366. The molecule has 1 fully saturated rings. The van der Waals surface area contributed by atoms with Gasteiger partial charge >= 0.3 is 6.18 Å². The van der Waals surface area contributed by atoms with Gasteiger partial charge in [0.2, 0.25) is 10.0 Å². The maximum atomic E-state index is 12.8. The van der Waals surface area contributed by atoms with E-state index in [1.807, 2.05) is 20.0 Å². The van der Waals surface area contributed by atoms with Gasteiger partial charge in [0.15, 0.2) is 5.65 Å². The van der Waals surface area contributed by atoms with Crippen molar-refractivity contribution in [1.29, 1.82) is 0 Å². The van der Waals surface area contributed by atoms with Gasteiger partial charge in [-0.15, -0.1) is 0 Å². The van der Waals surface area contributed by atoms with Crippen LogP contribution in [0.25, 0.3) is 11.0 Å². The number of nitrogens with zero attached hydrogens (tertiary/aromatic N) is 5. The molecule has 7 nitrogen and oxygen atoms in total. The van der Waals surface area contributed by atoms with E-state index >= 15 is 0 Å². The van der Waals surface area contributed by atoms with Crippen molar-refractivity contribution in [1.82, 2.24) is 24.0 Å². The predicted molar refractivity (Wildman–Crippen MR) is 99.1 cm³/mol. The van der Waals surface area contributed by atoms with Crippen molar-refractivity contribution in [3.8, 4) is 0 Å². The Morgan fingerprint density at radius 2 is 1.93 bits per heavy atom. The number of aromatic nitrogens is 3. The van der Waals surface area contributed by atoms with Crippen LogP contribution in [0, 0.1) is 6.92 Å². The molecular formula is C17H24F3N5O2S. The van der Waals surface area contributed by atoms with Crippen LogP contribution in [0.5, 0.6) is 0 Å². The Balaban J connectivity index is 1.65. The first-order valence-corrected chi connectivity index (χ1v) is 10.8. The van der Waals surface area contributed by atoms with Crippen molar-refractivity contribution in [2.24, 2.45) is 7.05 Å². The summed E-state index contributed by atoms with van der Waals surface area (Å²) in [6.45, 7) is 2.15. The molecule has 0 aromatic carbocycles. The summed E-state index contributed by atoms with van der Waals surface area (Å²) in [5.74, 6) is 0. The fourth-order valence-electron chi connectivity index (χ4n) is 3.76. The number of hydrogen-bond acceptors (Lipinski definition) is 5. The van der Waals surface area contributed by atoms with E-state index in [9.17, 15) is 21.6 Å². The van der Waals surface area contributed by atoms with Gasteiger partial charge in [0, 0.05) is 44.3 Å². The molecule has 2 aromatic rings. The molecule has 0 radical (unpaired) electrons. The van der Waals surface area contributed by atoms with Crippen LogP contribution in [-0.4, -0.2) is 70.5 Å². The Morgan fingerprint density at radius 1 is 1.29 bits per heavy atom. The van der Waals surface area contributed by atoms with Gasteiger partial charge in [0.05, 0.1) is 11.9 Å². The Kier molecular flexibility index (Phi) is 5.70. The number of hydrogen-bond donors (Lipinski definition) is 0. The van der Waals surface area contributed by atoms with Crippen LogP contribution in [0.1, 0.15) is 24.1 Å². The van der Waals surface area contributed by atoms with Crippen LogP contribution in [0.15, 0.2) is 12.3 Å². The smallest absolute Gasteiger partial charge is 0.299 e. The summed E-state index contributed by atoms with van der Waals surface area (Å²) in [6, 6.07) is 1.40. The average molecular weight is 419 g/mol. The zero-order chi connectivity index (χ0) is 20.7. The molecule has 1 saturated heterocycles. The number of pyridine rings is 1. The van der Waals surface area contributed by atoms with Crippen LogP contribution >= 0.6 is 0 Å². The van der Waals surface area contributed by atoms with Crippen LogP contribution in [0.4, 0.5) is 13.2 Å². The molecule has 3 heterocycles. The lowest BCUT2D eigenvalue weighted by Gasteiger charge is -2.37. The summed E-state index contributed by atoms with van der Waals surface area (Å²) in [4.78, 5) is 6.55. The van der Waals surface area contributed by atoms with Gasteiger partial charge in [-0.05, 0) is 31.4 Å². The number of alkyl halides is 3. The Morgan fingerprint density at radius 3 is 2.50 bits per heavy atom. The SMILES string of the molecule is Cc1nn(C)c2ncc(CN3CCC(N(CC(F)(F)F)S(C)(=O)=O)CC3)cc12. The highest BCUT2D eigenvalue weighted by Gasteiger charge is 2.39. The second-order valence-corrected chi connectivity index (χ2v) is 9.29. The van der Waals surface area contributed by atoms with Crippen molar-refractivity contribution in [2.45, 2.75) is 38.5 Å². The third-order valence-electron chi connectivity index (χ3n) is 5.05. The Labute approximate surface area is 162 Å². The van der Waals surface area contributed by atoms with E-state index < -0.39 is 28.8 Å². The highest BCUT2D eigenvalue weighted by atomic mass is 32.2. The van der Waals surface area contributed by atoms with Crippen molar-refractivity contribution in [3.63, 3.8) is 0 Å². The normalized spacial score (nSPS) is 17.7. The van der Waals surface area contributed by atoms with E-state index in [1.54, 1.807) is 10.9 Å². The van der Waals surface area contributed by atoms with E-state index in [2.05, 4.69) is 15.0 Å². The van der Waals surface area contributed by atoms with Gasteiger partial charge in [0.1, 0.15) is 6.54 Å². The summed E-state index contributed by atoms with van der Waals surface area (Å²) in [5, 5.41) is 5.32. The third kappa shape index (κ3) is 4.81. The molecule has 3 rings (SSSR count). The number of rotatable bonds is 5. The van der Waals surface area contributed by atoms with Gasteiger partial charge in [-0.25, -0.2) is 13.4 Å². The zero-order valence-electron chi connectivity index (χ0n) is 16.1. The number of halogens is 3. The largest absolute Gasteiger partial charge is 0.402 e. The van der Waals surface area contributed by atoms with Crippen molar-refractivity contribution in [3.05, 3.63) is 23.5 Å². The fourth-order valence-corrected chi connectivity index (χ4v) is 4.89. The van der Waals surface area contributed by atoms with Gasteiger partial charge in [0.25, 0.3) is 0 Å². The first kappa shape index (κ1) is 21.0. The quantitative estimate of drug-likeness (QED) is 0.742. The van der Waals surface area contributed by atoms with Crippen LogP contribution < -0.4 is 0 Å². The van der Waals surface area contributed by atoms with Gasteiger partial charge < -0.3 is 0 Å². The number of fused-ring (bicyclic) bond motifs is 1. The minimum atomic E-state index is -4.55. The van der Waals surface area contributed by atoms with Gasteiger partial charge in [-0.1, -0.05) is 0 Å². The van der Waals surface area contributed by atoms with Crippen molar-refractivity contribution in [2.75, 3.05) is 25.9 Å². The second kappa shape index (κ2) is 7.60. The Hall–Kier alpha value is -1.72. The molecule has 28 heavy (non-hydrogen) atoms. The highest BCUT2D eigenvalue weighted by Crippen LogP contribution is 2.26. The first-order valence-electron chi connectivity index (χ1n) is 8.98. The van der Waals surface area contributed by atoms with E-state index in [-0.39, 0.29) is 0 Å². The van der Waals surface area contributed by atoms with Crippen molar-refractivity contribution < 1.29 is 21.6 Å². The molecule has 1 aliphatic rings. The summed E-state index contributed by atoms with van der Waals surface area (Å²) in [7, 11) is -2.09. The third-order valence-corrected chi connectivity index (χ3v) is 6.33. The topological polar surface area (TPSA) is 71.3 Å². The molecule has 0 N–H and O–H groups in total. The maximum absolute atomic E-state index is 12.8. The second-order valence-electron chi connectivity index (χ2n) is 7.35. The molecule has 0 saturated carbocycles. The molecule has 1 aliphatic heterocycles. The van der Waals surface area contributed by atoms with Crippen LogP contribution in [0.3, 0.4) is 0 Å². The molecule has 2 aromatic heterocycles. The van der Waals surface area contributed by atoms with E-state index in [4.69, 9.17) is 0 Å². The van der Waals surface area contributed by atoms with E-state index in [0.29, 0.717) is 36.8 Å². The molecule has 0 atom stereocenters. The number of sulfonamides is 1. The molecule has 0 bridgehead atoms. The number of likely N-dealkylation sites (tertiary alicyclic amines) is 1. The first-order chi connectivity index (χ1) is 12.9. The molecule has 0 spiro atoms. The van der Waals surface area contributed by atoms with E-state index in [0.717, 1.165) is 28.5 Å². The molecule has 0 unspecified atom stereocenters. The number of piperidine rings is 1. The minimum Gasteiger partial charge on any atom is -0.299 e. The maximum Gasteiger partial charge on any atom is 0.402 e. The fraction of sp³-hybridized carbons (Fsp3) is 0.647. The molecule has 0 aliphatic carbocycles. The lowest BCUT2D eigenvalue weighted by atomic mass is 10.0. The summed E-state index contributed by atoms with van der Waals surface area (Å²) in [5.41, 5.74) is 2.69. The zero-order valence-corrected chi connectivity index (χ0v) is 16.9.